The zero-order chi connectivity index (χ0) is 16.1. The van der Waals surface area contributed by atoms with Gasteiger partial charge in [0.2, 0.25) is 0 Å². The van der Waals surface area contributed by atoms with Crippen molar-refractivity contribution in [2.45, 2.75) is 20.4 Å². The number of benzene rings is 2. The van der Waals surface area contributed by atoms with Gasteiger partial charge >= 0.3 is 0 Å². The molecule has 1 unspecified atom stereocenters. The molecule has 0 aliphatic rings. The third kappa shape index (κ3) is 4.40. The Bertz CT molecular complexity index is 653. The van der Waals surface area contributed by atoms with Crippen LogP contribution in [0.2, 0.25) is 0 Å². The van der Waals surface area contributed by atoms with Crippen LogP contribution in [0.1, 0.15) is 16.7 Å². The third-order valence-corrected chi connectivity index (χ3v) is 3.76. The number of rotatable bonds is 5. The first-order chi connectivity index (χ1) is 10.5. The molecular formula is C18H22FN2O+. The zero-order valence-electron chi connectivity index (χ0n) is 13.2. The summed E-state index contributed by atoms with van der Waals surface area (Å²) in [5.41, 5.74) is 4.12. The lowest BCUT2D eigenvalue weighted by molar-refractivity contribution is -0.885. The van der Waals surface area contributed by atoms with E-state index >= 15 is 0 Å². The van der Waals surface area contributed by atoms with Gasteiger partial charge < -0.3 is 10.2 Å². The number of anilines is 1. The number of hydrogen-bond donors (Lipinski definition) is 2. The smallest absolute Gasteiger partial charge is 0.279 e. The van der Waals surface area contributed by atoms with Crippen molar-refractivity contribution in [2.24, 2.45) is 0 Å². The highest BCUT2D eigenvalue weighted by Gasteiger charge is 2.12. The molecule has 22 heavy (non-hydrogen) atoms. The lowest BCUT2D eigenvalue weighted by atomic mass is 10.1. The average molecular weight is 301 g/mol. The van der Waals surface area contributed by atoms with Crippen LogP contribution in [0.3, 0.4) is 0 Å². The van der Waals surface area contributed by atoms with Crippen LogP contribution in [0.5, 0.6) is 0 Å². The van der Waals surface area contributed by atoms with E-state index < -0.39 is 0 Å². The Labute approximate surface area is 130 Å². The van der Waals surface area contributed by atoms with E-state index in [0.717, 1.165) is 27.3 Å². The third-order valence-electron chi connectivity index (χ3n) is 3.76. The molecule has 3 nitrogen and oxygen atoms in total. The van der Waals surface area contributed by atoms with Gasteiger partial charge in [0.1, 0.15) is 12.4 Å². The van der Waals surface area contributed by atoms with Crippen LogP contribution in [-0.4, -0.2) is 19.5 Å². The predicted octanol–water partition coefficient (Wildman–Crippen LogP) is 2.10. The fraction of sp³-hybridized carbons (Fsp3) is 0.278. The summed E-state index contributed by atoms with van der Waals surface area (Å²) in [5.74, 6) is -0.262. The van der Waals surface area contributed by atoms with Gasteiger partial charge in [-0.05, 0) is 43.2 Å². The van der Waals surface area contributed by atoms with Crippen molar-refractivity contribution in [3.8, 4) is 0 Å². The second-order valence-corrected chi connectivity index (χ2v) is 5.73. The Kier molecular flexibility index (Phi) is 5.28. The quantitative estimate of drug-likeness (QED) is 0.871. The van der Waals surface area contributed by atoms with Gasteiger partial charge in [0.25, 0.3) is 5.91 Å². The fourth-order valence-electron chi connectivity index (χ4n) is 2.37. The molecule has 0 bridgehead atoms. The van der Waals surface area contributed by atoms with E-state index in [1.807, 2.05) is 39.1 Å². The van der Waals surface area contributed by atoms with Gasteiger partial charge in [0.15, 0.2) is 6.54 Å². The lowest BCUT2D eigenvalue weighted by Gasteiger charge is -2.15. The highest BCUT2D eigenvalue weighted by Crippen LogP contribution is 2.17. The number of likely N-dealkylation sites (N-methyl/N-ethyl adjacent to an activating group) is 1. The van der Waals surface area contributed by atoms with Crippen LogP contribution >= 0.6 is 0 Å². The molecule has 0 spiro atoms. The predicted molar refractivity (Wildman–Crippen MR) is 86.4 cm³/mol. The Hall–Kier alpha value is -2.20. The minimum absolute atomic E-state index is 0.0201. The van der Waals surface area contributed by atoms with Crippen LogP contribution in [-0.2, 0) is 11.3 Å². The maximum atomic E-state index is 12.9. The molecule has 0 aromatic heterocycles. The van der Waals surface area contributed by atoms with Crippen LogP contribution in [0.4, 0.5) is 10.1 Å². The second-order valence-electron chi connectivity index (χ2n) is 5.73. The molecule has 2 aromatic carbocycles. The first kappa shape index (κ1) is 16.2. The topological polar surface area (TPSA) is 33.5 Å². The maximum absolute atomic E-state index is 12.9. The Morgan fingerprint density at radius 3 is 2.50 bits per heavy atom. The van der Waals surface area contributed by atoms with E-state index in [1.165, 1.54) is 12.1 Å². The van der Waals surface area contributed by atoms with E-state index in [1.54, 1.807) is 12.1 Å². The van der Waals surface area contributed by atoms with Gasteiger partial charge in [-0.1, -0.05) is 24.3 Å². The largest absolute Gasteiger partial charge is 0.326 e. The SMILES string of the molecule is Cc1cccc(NC(=O)C[NH+](C)Cc2ccc(F)cc2)c1C. The highest BCUT2D eigenvalue weighted by atomic mass is 19.1. The molecule has 2 rings (SSSR count). The molecule has 0 radical (unpaired) electrons. The van der Waals surface area contributed by atoms with Gasteiger partial charge in [0, 0.05) is 11.3 Å². The number of carbonyl (C=O) groups is 1. The number of amides is 1. The van der Waals surface area contributed by atoms with Gasteiger partial charge in [-0.2, -0.15) is 0 Å². The van der Waals surface area contributed by atoms with E-state index in [9.17, 15) is 9.18 Å². The van der Waals surface area contributed by atoms with Gasteiger partial charge in [0.05, 0.1) is 7.05 Å². The fourth-order valence-corrected chi connectivity index (χ4v) is 2.37. The lowest BCUT2D eigenvalue weighted by Crippen LogP contribution is -3.08. The normalized spacial score (nSPS) is 12.0. The molecule has 0 aliphatic heterocycles. The molecule has 0 saturated carbocycles. The number of quaternary nitrogens is 1. The van der Waals surface area contributed by atoms with Crippen LogP contribution in [0.15, 0.2) is 42.5 Å². The summed E-state index contributed by atoms with van der Waals surface area (Å²) in [5, 5.41) is 2.96. The summed E-state index contributed by atoms with van der Waals surface area (Å²) in [7, 11) is 1.95. The molecule has 1 amide bonds. The summed E-state index contributed by atoms with van der Waals surface area (Å²) >= 11 is 0. The Balaban J connectivity index is 1.91. The molecule has 1 atom stereocenters. The highest BCUT2D eigenvalue weighted by molar-refractivity contribution is 5.92. The van der Waals surface area contributed by atoms with E-state index in [4.69, 9.17) is 0 Å². The minimum atomic E-state index is -0.242. The van der Waals surface area contributed by atoms with Crippen molar-refractivity contribution in [3.63, 3.8) is 0 Å². The monoisotopic (exact) mass is 301 g/mol. The first-order valence-corrected chi connectivity index (χ1v) is 7.37. The molecule has 0 aliphatic carbocycles. The van der Waals surface area contributed by atoms with Crippen LogP contribution in [0.25, 0.3) is 0 Å². The van der Waals surface area contributed by atoms with Gasteiger partial charge in [-0.3, -0.25) is 4.79 Å². The number of nitrogens with one attached hydrogen (secondary N) is 2. The number of halogens is 1. The molecule has 0 heterocycles. The number of hydrogen-bond acceptors (Lipinski definition) is 1. The number of carbonyl (C=O) groups excluding carboxylic acids is 1. The average Bonchev–Trinajstić information content (AvgIpc) is 2.46. The molecule has 0 saturated heterocycles. The van der Waals surface area contributed by atoms with E-state index in [0.29, 0.717) is 13.1 Å². The van der Waals surface area contributed by atoms with Crippen molar-refractivity contribution in [3.05, 3.63) is 65.0 Å². The van der Waals surface area contributed by atoms with Crippen LogP contribution in [0, 0.1) is 19.7 Å². The summed E-state index contributed by atoms with van der Waals surface area (Å²) in [6.07, 6.45) is 0. The summed E-state index contributed by atoms with van der Waals surface area (Å²) in [6, 6.07) is 12.3. The summed E-state index contributed by atoms with van der Waals surface area (Å²) in [6.45, 7) is 5.07. The molecular weight excluding hydrogens is 279 g/mol. The van der Waals surface area contributed by atoms with Crippen molar-refractivity contribution >= 4 is 11.6 Å². The molecule has 0 fully saturated rings. The Morgan fingerprint density at radius 2 is 1.82 bits per heavy atom. The van der Waals surface area contributed by atoms with E-state index in [-0.39, 0.29) is 11.7 Å². The zero-order valence-corrected chi connectivity index (χ0v) is 13.2. The first-order valence-electron chi connectivity index (χ1n) is 7.37. The van der Waals surface area contributed by atoms with Crippen molar-refractivity contribution in [1.82, 2.24) is 0 Å². The van der Waals surface area contributed by atoms with Crippen molar-refractivity contribution < 1.29 is 14.1 Å². The summed E-state index contributed by atoms with van der Waals surface area (Å²) < 4.78 is 12.9. The standard InChI is InChI=1S/C18H21FN2O/c1-13-5-4-6-17(14(13)2)20-18(22)12-21(3)11-15-7-9-16(19)10-8-15/h4-10H,11-12H2,1-3H3,(H,20,22)/p+1. The molecule has 2 aromatic rings. The van der Waals surface area contributed by atoms with E-state index in [2.05, 4.69) is 5.32 Å². The minimum Gasteiger partial charge on any atom is -0.326 e. The van der Waals surface area contributed by atoms with Gasteiger partial charge in [-0.15, -0.1) is 0 Å². The second kappa shape index (κ2) is 7.18. The number of aryl methyl sites for hydroxylation is 1. The summed E-state index contributed by atoms with van der Waals surface area (Å²) in [4.78, 5) is 13.2. The molecule has 116 valence electrons. The van der Waals surface area contributed by atoms with Crippen molar-refractivity contribution in [1.29, 1.82) is 0 Å². The molecule has 4 heteroatoms. The molecule has 2 N–H and O–H groups in total. The van der Waals surface area contributed by atoms with Gasteiger partial charge in [-0.25, -0.2) is 4.39 Å². The maximum Gasteiger partial charge on any atom is 0.279 e. The Morgan fingerprint density at radius 1 is 1.14 bits per heavy atom. The van der Waals surface area contributed by atoms with Crippen LogP contribution < -0.4 is 10.2 Å². The van der Waals surface area contributed by atoms with Crippen molar-refractivity contribution in [2.75, 3.05) is 18.9 Å².